The molecule has 0 saturated carbocycles. The predicted octanol–water partition coefficient (Wildman–Crippen LogP) is 5.32. The fourth-order valence-corrected chi connectivity index (χ4v) is 2.16. The largest absolute Gasteiger partial charge is 0.482 e. The average molecular weight is 379 g/mol. The van der Waals surface area contributed by atoms with Crippen molar-refractivity contribution in [2.75, 3.05) is 13.3 Å². The van der Waals surface area contributed by atoms with Gasteiger partial charge in [-0.25, -0.2) is 4.39 Å². The molecule has 1 rings (SSSR count). The van der Waals surface area contributed by atoms with Crippen LogP contribution in [-0.2, 0) is 9.53 Å². The van der Waals surface area contributed by atoms with Gasteiger partial charge in [-0.1, -0.05) is 48.8 Å². The van der Waals surface area contributed by atoms with Crippen molar-refractivity contribution in [1.82, 2.24) is 5.32 Å². The van der Waals surface area contributed by atoms with Crippen LogP contribution in [0.4, 0.5) is 4.39 Å². The third-order valence-corrected chi connectivity index (χ3v) is 3.47. The molecule has 3 nitrogen and oxygen atoms in total. The Kier molecular flexibility index (Phi) is 10.5. The first-order valence-electron chi connectivity index (χ1n) is 8.96. The molecule has 1 aliphatic rings. The van der Waals surface area contributed by atoms with Gasteiger partial charge < -0.3 is 10.1 Å². The Morgan fingerprint density at radius 2 is 2.04 bits per heavy atom. The summed E-state index contributed by atoms with van der Waals surface area (Å²) in [6.45, 7) is 8.88. The van der Waals surface area contributed by atoms with Crippen LogP contribution in [0.3, 0.4) is 0 Å². The monoisotopic (exact) mass is 379 g/mol. The van der Waals surface area contributed by atoms with Crippen molar-refractivity contribution in [2.45, 2.75) is 20.8 Å². The van der Waals surface area contributed by atoms with Crippen molar-refractivity contribution in [1.29, 1.82) is 0 Å². The fraction of sp³-hybridized carbons (Fsp3) is 0.208. The molecule has 0 unspecified atom stereocenters. The van der Waals surface area contributed by atoms with Crippen LogP contribution < -0.4 is 5.32 Å². The van der Waals surface area contributed by atoms with Crippen LogP contribution in [0.2, 0.25) is 0 Å². The van der Waals surface area contributed by atoms with E-state index in [4.69, 9.17) is 4.74 Å². The minimum atomic E-state index is -0.630. The van der Waals surface area contributed by atoms with Crippen molar-refractivity contribution in [3.05, 3.63) is 107 Å². The van der Waals surface area contributed by atoms with Crippen molar-refractivity contribution in [3.8, 4) is 0 Å². The molecule has 0 aliphatic heterocycles. The molecule has 0 bridgehead atoms. The minimum Gasteiger partial charge on any atom is -0.482 e. The molecule has 1 N–H and O–H groups in total. The van der Waals surface area contributed by atoms with Gasteiger partial charge in [-0.3, -0.25) is 4.79 Å². The molecule has 1 amide bonds. The second-order valence-corrected chi connectivity index (χ2v) is 5.66. The van der Waals surface area contributed by atoms with Gasteiger partial charge in [0.1, 0.15) is 13.3 Å². The minimum absolute atomic E-state index is 0.111. The quantitative estimate of drug-likeness (QED) is 0.458. The lowest BCUT2D eigenvalue weighted by molar-refractivity contribution is -0.116. The highest BCUT2D eigenvalue weighted by molar-refractivity contribution is 6.00. The van der Waals surface area contributed by atoms with Crippen molar-refractivity contribution in [2.24, 2.45) is 0 Å². The first kappa shape index (κ1) is 22.7. The number of ether oxygens (including phenoxy) is 1. The van der Waals surface area contributed by atoms with E-state index in [1.54, 1.807) is 37.3 Å². The molecule has 0 aromatic carbocycles. The van der Waals surface area contributed by atoms with Crippen LogP contribution in [0.1, 0.15) is 20.8 Å². The Labute approximate surface area is 166 Å². The van der Waals surface area contributed by atoms with Gasteiger partial charge >= 0.3 is 0 Å². The number of halogens is 1. The van der Waals surface area contributed by atoms with Crippen LogP contribution in [0.5, 0.6) is 0 Å². The molecule has 0 spiro atoms. The Bertz CT molecular complexity index is 866. The SMILES string of the molecule is C=C1C(=C=C/C=C\C)C(OCCF)=C=CC=C1C(=O)N/C(C)=C/C=C\C=C/C. The van der Waals surface area contributed by atoms with E-state index in [0.29, 0.717) is 28.2 Å². The summed E-state index contributed by atoms with van der Waals surface area (Å²) in [6, 6.07) is 0. The highest BCUT2D eigenvalue weighted by Gasteiger charge is 2.21. The van der Waals surface area contributed by atoms with Crippen molar-refractivity contribution < 1.29 is 13.9 Å². The molecule has 146 valence electrons. The van der Waals surface area contributed by atoms with Gasteiger partial charge in [0.05, 0.1) is 5.57 Å². The summed E-state index contributed by atoms with van der Waals surface area (Å²) in [4.78, 5) is 12.7. The first-order chi connectivity index (χ1) is 13.5. The fourth-order valence-electron chi connectivity index (χ4n) is 2.16. The predicted molar refractivity (Wildman–Crippen MR) is 113 cm³/mol. The van der Waals surface area contributed by atoms with Crippen LogP contribution >= 0.6 is 0 Å². The van der Waals surface area contributed by atoms with Gasteiger partial charge in [-0.05, 0) is 50.6 Å². The summed E-state index contributed by atoms with van der Waals surface area (Å²) in [5.41, 5.74) is 7.88. The zero-order valence-electron chi connectivity index (χ0n) is 16.6. The number of allylic oxidation sites excluding steroid dienone is 10. The van der Waals surface area contributed by atoms with Gasteiger partial charge in [-0.15, -0.1) is 5.73 Å². The zero-order valence-corrected chi connectivity index (χ0v) is 16.6. The topological polar surface area (TPSA) is 38.3 Å². The van der Waals surface area contributed by atoms with E-state index in [-0.39, 0.29) is 12.5 Å². The number of amides is 1. The Balaban J connectivity index is 3.17. The number of hydrogen-bond donors (Lipinski definition) is 1. The maximum atomic E-state index is 12.7. The van der Waals surface area contributed by atoms with Crippen molar-refractivity contribution >= 4 is 5.91 Å². The van der Waals surface area contributed by atoms with Gasteiger partial charge in [-0.2, -0.15) is 0 Å². The summed E-state index contributed by atoms with van der Waals surface area (Å²) in [5, 5.41) is 2.83. The third kappa shape index (κ3) is 7.51. The molecular formula is C24H26FNO2. The first-order valence-corrected chi connectivity index (χ1v) is 8.96. The van der Waals surface area contributed by atoms with Crippen molar-refractivity contribution in [3.63, 3.8) is 0 Å². The molecule has 0 heterocycles. The van der Waals surface area contributed by atoms with Crippen LogP contribution in [0.15, 0.2) is 107 Å². The maximum Gasteiger partial charge on any atom is 0.256 e. The highest BCUT2D eigenvalue weighted by atomic mass is 19.1. The number of alkyl halides is 1. The van der Waals surface area contributed by atoms with Gasteiger partial charge in [0.25, 0.3) is 5.91 Å². The number of carbonyl (C=O) groups is 1. The number of nitrogens with one attached hydrogen (secondary N) is 1. The van der Waals surface area contributed by atoms with Gasteiger partial charge in [0.2, 0.25) is 0 Å². The molecule has 0 radical (unpaired) electrons. The number of carbonyl (C=O) groups excluding carboxylic acids is 1. The summed E-state index contributed by atoms with van der Waals surface area (Å²) in [6.07, 6.45) is 17.8. The molecule has 0 aromatic heterocycles. The summed E-state index contributed by atoms with van der Waals surface area (Å²) >= 11 is 0. The van der Waals surface area contributed by atoms with E-state index in [2.05, 4.69) is 23.4 Å². The molecular weight excluding hydrogens is 353 g/mol. The number of hydrogen-bond acceptors (Lipinski definition) is 2. The number of rotatable bonds is 8. The summed E-state index contributed by atoms with van der Waals surface area (Å²) < 4.78 is 18.0. The third-order valence-electron chi connectivity index (χ3n) is 3.47. The Hall–Kier alpha value is -3.32. The van der Waals surface area contributed by atoms with E-state index in [1.165, 1.54) is 0 Å². The lowest BCUT2D eigenvalue weighted by atomic mass is 9.98. The summed E-state index contributed by atoms with van der Waals surface area (Å²) in [7, 11) is 0. The van der Waals surface area contributed by atoms with E-state index in [0.717, 1.165) is 0 Å². The molecule has 4 heteroatoms. The molecule has 0 aromatic rings. The van der Waals surface area contributed by atoms with Gasteiger partial charge in [0, 0.05) is 11.3 Å². The molecule has 0 atom stereocenters. The normalized spacial score (nSPS) is 14.9. The molecule has 0 fully saturated rings. The Morgan fingerprint density at radius 3 is 2.71 bits per heavy atom. The average Bonchev–Trinajstić information content (AvgIpc) is 2.83. The Morgan fingerprint density at radius 1 is 1.29 bits per heavy atom. The lowest BCUT2D eigenvalue weighted by Crippen LogP contribution is -2.24. The molecule has 28 heavy (non-hydrogen) atoms. The van der Waals surface area contributed by atoms with Gasteiger partial charge in [0.15, 0.2) is 5.76 Å². The van der Waals surface area contributed by atoms with E-state index < -0.39 is 6.67 Å². The standard InChI is InChI=1S/C24H26FNO2/c1-5-7-9-11-13-19(3)26-24(27)22-15-12-16-23(28-18-17-25)21(20(22)4)14-10-8-6-2/h5-13,15H,4,17-18H2,1-3H3,(H,26,27)/b7-5-,8-6-,11-9-,19-13+. The zero-order chi connectivity index (χ0) is 20.8. The summed E-state index contributed by atoms with van der Waals surface area (Å²) in [5.74, 6) is -0.0164. The van der Waals surface area contributed by atoms with Crippen LogP contribution in [0.25, 0.3) is 0 Å². The van der Waals surface area contributed by atoms with Crippen LogP contribution in [0, 0.1) is 0 Å². The second-order valence-electron chi connectivity index (χ2n) is 5.66. The molecule has 1 aliphatic carbocycles. The van der Waals surface area contributed by atoms with E-state index in [1.807, 2.05) is 44.2 Å². The van der Waals surface area contributed by atoms with E-state index in [9.17, 15) is 9.18 Å². The lowest BCUT2D eigenvalue weighted by Gasteiger charge is -2.13. The maximum absolute atomic E-state index is 12.7. The molecule has 0 saturated heterocycles. The smallest absolute Gasteiger partial charge is 0.256 e. The van der Waals surface area contributed by atoms with E-state index >= 15 is 0 Å². The van der Waals surface area contributed by atoms with Crippen LogP contribution in [-0.4, -0.2) is 19.2 Å². The highest BCUT2D eigenvalue weighted by Crippen LogP contribution is 2.26. The second kappa shape index (κ2) is 12.9.